The zero-order valence-corrected chi connectivity index (χ0v) is 9.86. The van der Waals surface area contributed by atoms with Gasteiger partial charge >= 0.3 is 5.97 Å². The average Bonchev–Trinajstić information content (AvgIpc) is 2.16. The van der Waals surface area contributed by atoms with E-state index in [1.807, 2.05) is 0 Å². The third-order valence-corrected chi connectivity index (χ3v) is 3.72. The highest BCUT2D eigenvalue weighted by molar-refractivity contribution is 5.71. The molecule has 1 aliphatic rings. The van der Waals surface area contributed by atoms with Crippen LogP contribution in [0.1, 0.15) is 29.5 Å². The predicted molar refractivity (Wildman–Crippen MR) is 63.5 cm³/mol. The van der Waals surface area contributed by atoms with E-state index in [1.54, 1.807) is 0 Å². The van der Waals surface area contributed by atoms with Gasteiger partial charge in [-0.1, -0.05) is 23.8 Å². The lowest BCUT2D eigenvalue weighted by molar-refractivity contribution is -0.147. The molecule has 2 heteroatoms. The van der Waals surface area contributed by atoms with Crippen LogP contribution in [0.5, 0.6) is 0 Å². The second-order valence-electron chi connectivity index (χ2n) is 4.92. The first-order valence-corrected chi connectivity index (χ1v) is 5.87. The maximum absolute atomic E-state index is 10.9. The summed E-state index contributed by atoms with van der Waals surface area (Å²) in [5.74, 6) is -0.389. The standard InChI is InChI=1S/C14H18O2/c1-9-3-4-10(2)12(7-9)8-11-5-6-13(11)14(15)16/h3-4,7,11,13H,5-6,8H2,1-2H3,(H,15,16). The van der Waals surface area contributed by atoms with Crippen molar-refractivity contribution in [2.24, 2.45) is 11.8 Å². The van der Waals surface area contributed by atoms with E-state index in [2.05, 4.69) is 32.0 Å². The maximum Gasteiger partial charge on any atom is 0.306 e. The molecule has 1 aromatic carbocycles. The van der Waals surface area contributed by atoms with Gasteiger partial charge in [0.25, 0.3) is 0 Å². The molecule has 0 bridgehead atoms. The molecule has 1 aliphatic carbocycles. The lowest BCUT2D eigenvalue weighted by Gasteiger charge is -2.33. The lowest BCUT2D eigenvalue weighted by Crippen LogP contribution is -2.34. The summed E-state index contributed by atoms with van der Waals surface area (Å²) in [6, 6.07) is 6.42. The molecule has 0 amide bonds. The Balaban J connectivity index is 2.09. The smallest absolute Gasteiger partial charge is 0.306 e. The quantitative estimate of drug-likeness (QED) is 0.846. The summed E-state index contributed by atoms with van der Waals surface area (Å²) in [4.78, 5) is 10.9. The van der Waals surface area contributed by atoms with E-state index < -0.39 is 5.97 Å². The van der Waals surface area contributed by atoms with Crippen molar-refractivity contribution in [1.82, 2.24) is 0 Å². The van der Waals surface area contributed by atoms with Crippen molar-refractivity contribution in [1.29, 1.82) is 0 Å². The number of benzene rings is 1. The third kappa shape index (κ3) is 2.11. The Morgan fingerprint density at radius 2 is 2.12 bits per heavy atom. The van der Waals surface area contributed by atoms with Crippen molar-refractivity contribution < 1.29 is 9.90 Å². The van der Waals surface area contributed by atoms with Gasteiger partial charge in [-0.2, -0.15) is 0 Å². The molecule has 2 rings (SSSR count). The normalized spacial score (nSPS) is 23.9. The molecule has 0 aromatic heterocycles. The zero-order valence-electron chi connectivity index (χ0n) is 9.86. The molecule has 0 radical (unpaired) electrons. The van der Waals surface area contributed by atoms with Gasteiger partial charge in [0, 0.05) is 0 Å². The highest BCUT2D eigenvalue weighted by Crippen LogP contribution is 2.37. The Morgan fingerprint density at radius 3 is 2.69 bits per heavy atom. The van der Waals surface area contributed by atoms with E-state index in [4.69, 9.17) is 5.11 Å². The number of aliphatic carboxylic acids is 1. The molecule has 0 heterocycles. The van der Waals surface area contributed by atoms with Crippen LogP contribution < -0.4 is 0 Å². The van der Waals surface area contributed by atoms with Gasteiger partial charge in [-0.3, -0.25) is 4.79 Å². The number of hydrogen-bond donors (Lipinski definition) is 1. The van der Waals surface area contributed by atoms with Crippen molar-refractivity contribution in [3.8, 4) is 0 Å². The molecule has 2 nitrogen and oxygen atoms in total. The molecular weight excluding hydrogens is 200 g/mol. The summed E-state index contributed by atoms with van der Waals surface area (Å²) < 4.78 is 0. The fourth-order valence-corrected chi connectivity index (χ4v) is 2.44. The fraction of sp³-hybridized carbons (Fsp3) is 0.500. The molecule has 0 spiro atoms. The van der Waals surface area contributed by atoms with Crippen LogP contribution >= 0.6 is 0 Å². The van der Waals surface area contributed by atoms with Crippen LogP contribution in [0.25, 0.3) is 0 Å². The van der Waals surface area contributed by atoms with Crippen LogP contribution in [-0.4, -0.2) is 11.1 Å². The van der Waals surface area contributed by atoms with Gasteiger partial charge in [-0.15, -0.1) is 0 Å². The first kappa shape index (κ1) is 11.2. The second kappa shape index (κ2) is 4.28. The minimum Gasteiger partial charge on any atom is -0.481 e. The topological polar surface area (TPSA) is 37.3 Å². The second-order valence-corrected chi connectivity index (χ2v) is 4.92. The van der Waals surface area contributed by atoms with E-state index in [9.17, 15) is 4.79 Å². The Hall–Kier alpha value is -1.31. The van der Waals surface area contributed by atoms with Crippen molar-refractivity contribution in [2.75, 3.05) is 0 Å². The highest BCUT2D eigenvalue weighted by Gasteiger charge is 2.36. The molecule has 16 heavy (non-hydrogen) atoms. The van der Waals surface area contributed by atoms with E-state index in [0.29, 0.717) is 5.92 Å². The molecule has 2 atom stereocenters. The largest absolute Gasteiger partial charge is 0.481 e. The molecule has 0 aliphatic heterocycles. The fourth-order valence-electron chi connectivity index (χ4n) is 2.44. The highest BCUT2D eigenvalue weighted by atomic mass is 16.4. The van der Waals surface area contributed by atoms with Gasteiger partial charge in [0.2, 0.25) is 0 Å². The first-order valence-electron chi connectivity index (χ1n) is 5.87. The van der Waals surface area contributed by atoms with E-state index in [1.165, 1.54) is 16.7 Å². The lowest BCUT2D eigenvalue weighted by atomic mass is 9.70. The van der Waals surface area contributed by atoms with Crippen LogP contribution in [0, 0.1) is 25.7 Å². The molecular formula is C14H18O2. The zero-order chi connectivity index (χ0) is 11.7. The van der Waals surface area contributed by atoms with Crippen LogP contribution in [0.15, 0.2) is 18.2 Å². The van der Waals surface area contributed by atoms with Crippen LogP contribution in [0.3, 0.4) is 0 Å². The summed E-state index contributed by atoms with van der Waals surface area (Å²) in [5.41, 5.74) is 3.85. The number of carboxylic acid groups (broad SMARTS) is 1. The van der Waals surface area contributed by atoms with E-state index in [0.717, 1.165) is 19.3 Å². The molecule has 1 saturated carbocycles. The molecule has 2 unspecified atom stereocenters. The monoisotopic (exact) mass is 218 g/mol. The molecule has 1 aromatic rings. The number of rotatable bonds is 3. The van der Waals surface area contributed by atoms with Crippen LogP contribution in [0.2, 0.25) is 0 Å². The van der Waals surface area contributed by atoms with Gasteiger partial charge in [-0.05, 0) is 50.2 Å². The number of hydrogen-bond acceptors (Lipinski definition) is 1. The Kier molecular flexibility index (Phi) is 2.99. The van der Waals surface area contributed by atoms with Crippen LogP contribution in [0.4, 0.5) is 0 Å². The van der Waals surface area contributed by atoms with E-state index in [-0.39, 0.29) is 5.92 Å². The van der Waals surface area contributed by atoms with Gasteiger partial charge in [0.15, 0.2) is 0 Å². The Morgan fingerprint density at radius 1 is 1.38 bits per heavy atom. The van der Waals surface area contributed by atoms with Crippen molar-refractivity contribution in [2.45, 2.75) is 33.1 Å². The minimum absolute atomic E-state index is 0.111. The van der Waals surface area contributed by atoms with Crippen molar-refractivity contribution in [3.63, 3.8) is 0 Å². The summed E-state index contributed by atoms with van der Waals surface area (Å²) in [6.45, 7) is 4.18. The molecule has 1 N–H and O–H groups in total. The predicted octanol–water partition coefficient (Wildman–Crippen LogP) is 2.96. The van der Waals surface area contributed by atoms with Crippen LogP contribution in [-0.2, 0) is 11.2 Å². The number of aryl methyl sites for hydroxylation is 2. The molecule has 0 saturated heterocycles. The summed E-state index contributed by atoms with van der Waals surface area (Å²) in [6.07, 6.45) is 2.83. The number of carboxylic acids is 1. The first-order chi connectivity index (χ1) is 7.58. The summed E-state index contributed by atoms with van der Waals surface area (Å²) >= 11 is 0. The molecule has 86 valence electrons. The average molecular weight is 218 g/mol. The Bertz CT molecular complexity index is 409. The maximum atomic E-state index is 10.9. The van der Waals surface area contributed by atoms with Gasteiger partial charge < -0.3 is 5.11 Å². The third-order valence-electron chi connectivity index (χ3n) is 3.72. The minimum atomic E-state index is -0.624. The van der Waals surface area contributed by atoms with Gasteiger partial charge in [0.1, 0.15) is 0 Å². The molecule has 1 fully saturated rings. The summed E-state index contributed by atoms with van der Waals surface area (Å²) in [5, 5.41) is 9.01. The number of carbonyl (C=O) groups is 1. The van der Waals surface area contributed by atoms with Gasteiger partial charge in [-0.25, -0.2) is 0 Å². The van der Waals surface area contributed by atoms with Crippen molar-refractivity contribution in [3.05, 3.63) is 34.9 Å². The Labute approximate surface area is 96.3 Å². The van der Waals surface area contributed by atoms with Gasteiger partial charge in [0.05, 0.1) is 5.92 Å². The van der Waals surface area contributed by atoms with Crippen molar-refractivity contribution >= 4 is 5.97 Å². The summed E-state index contributed by atoms with van der Waals surface area (Å²) in [7, 11) is 0. The van der Waals surface area contributed by atoms with E-state index >= 15 is 0 Å². The SMILES string of the molecule is Cc1ccc(C)c(CC2CCC2C(=O)O)c1.